The van der Waals surface area contributed by atoms with Gasteiger partial charge in [-0.15, -0.1) is 0 Å². The minimum atomic E-state index is -0.750. The smallest absolute Gasteiger partial charge is 0.243 e. The monoisotopic (exact) mass is 266 g/mol. The zero-order chi connectivity index (χ0) is 14.4. The number of hydrogen-bond donors (Lipinski definition) is 1. The lowest BCUT2D eigenvalue weighted by Gasteiger charge is -2.09. The van der Waals surface area contributed by atoms with Crippen LogP contribution < -0.4 is 5.32 Å². The van der Waals surface area contributed by atoms with E-state index in [-0.39, 0.29) is 5.91 Å². The zero-order valence-electron chi connectivity index (χ0n) is 11.1. The lowest BCUT2D eigenvalue weighted by atomic mass is 10.0. The van der Waals surface area contributed by atoms with Crippen molar-refractivity contribution in [3.8, 4) is 6.07 Å². The van der Waals surface area contributed by atoms with Crippen molar-refractivity contribution in [2.45, 2.75) is 13.3 Å². The lowest BCUT2D eigenvalue weighted by molar-refractivity contribution is -0.118. The van der Waals surface area contributed by atoms with Crippen molar-refractivity contribution >= 4 is 11.7 Å². The third kappa shape index (κ3) is 3.62. The number of carbonyl (C=O) groups is 1. The standard InChI is InChI=1S/C15H14N4O/c1-11-2-3-14(18-10-11)19-15(20)13(9-16)8-12-4-6-17-7-5-12/h2-7,10,13H,8H2,1H3,(H,18,19,20). The highest BCUT2D eigenvalue weighted by Gasteiger charge is 2.18. The third-order valence-corrected chi connectivity index (χ3v) is 2.82. The predicted octanol–water partition coefficient (Wildman–Crippen LogP) is 2.11. The Morgan fingerprint density at radius 1 is 1.35 bits per heavy atom. The molecule has 2 heterocycles. The van der Waals surface area contributed by atoms with Crippen LogP contribution in [-0.4, -0.2) is 15.9 Å². The second kappa shape index (κ2) is 6.43. The third-order valence-electron chi connectivity index (χ3n) is 2.82. The van der Waals surface area contributed by atoms with E-state index in [0.29, 0.717) is 12.2 Å². The van der Waals surface area contributed by atoms with Crippen LogP contribution in [0.2, 0.25) is 0 Å². The molecule has 1 unspecified atom stereocenters. The van der Waals surface area contributed by atoms with Gasteiger partial charge in [-0.05, 0) is 42.7 Å². The lowest BCUT2D eigenvalue weighted by Crippen LogP contribution is -2.23. The number of hydrogen-bond acceptors (Lipinski definition) is 4. The molecule has 0 radical (unpaired) electrons. The number of carbonyl (C=O) groups excluding carboxylic acids is 1. The van der Waals surface area contributed by atoms with Crippen LogP contribution in [0, 0.1) is 24.2 Å². The van der Waals surface area contributed by atoms with Gasteiger partial charge in [-0.1, -0.05) is 6.07 Å². The molecule has 0 saturated heterocycles. The number of nitriles is 1. The van der Waals surface area contributed by atoms with Crippen LogP contribution in [0.3, 0.4) is 0 Å². The van der Waals surface area contributed by atoms with Crippen LogP contribution in [0.1, 0.15) is 11.1 Å². The summed E-state index contributed by atoms with van der Waals surface area (Å²) in [6, 6.07) is 9.18. The number of rotatable bonds is 4. The minimum absolute atomic E-state index is 0.347. The first-order valence-corrected chi connectivity index (χ1v) is 6.21. The first-order valence-electron chi connectivity index (χ1n) is 6.21. The molecule has 2 aromatic heterocycles. The highest BCUT2D eigenvalue weighted by molar-refractivity contribution is 5.93. The normalized spacial score (nSPS) is 11.4. The summed E-state index contributed by atoms with van der Waals surface area (Å²) in [7, 11) is 0. The van der Waals surface area contributed by atoms with E-state index >= 15 is 0 Å². The summed E-state index contributed by atoms with van der Waals surface area (Å²) in [4.78, 5) is 20.0. The fourth-order valence-corrected chi connectivity index (χ4v) is 1.71. The van der Waals surface area contributed by atoms with Gasteiger partial charge < -0.3 is 5.32 Å². The molecule has 0 aliphatic carbocycles. The van der Waals surface area contributed by atoms with Gasteiger partial charge in [-0.25, -0.2) is 4.98 Å². The Bertz CT molecular complexity index is 617. The highest BCUT2D eigenvalue weighted by atomic mass is 16.1. The summed E-state index contributed by atoms with van der Waals surface area (Å²) in [6.07, 6.45) is 5.31. The van der Waals surface area contributed by atoms with Crippen LogP contribution >= 0.6 is 0 Å². The molecule has 1 N–H and O–H groups in total. The van der Waals surface area contributed by atoms with Gasteiger partial charge in [0.1, 0.15) is 11.7 Å². The molecule has 20 heavy (non-hydrogen) atoms. The summed E-state index contributed by atoms with van der Waals surface area (Å²) in [5.74, 6) is -0.642. The quantitative estimate of drug-likeness (QED) is 0.919. The van der Waals surface area contributed by atoms with Crippen molar-refractivity contribution in [3.05, 3.63) is 54.0 Å². The van der Waals surface area contributed by atoms with Gasteiger partial charge in [0.05, 0.1) is 6.07 Å². The molecule has 0 spiro atoms. The Morgan fingerprint density at radius 2 is 2.10 bits per heavy atom. The molecule has 0 aromatic carbocycles. The number of nitrogens with zero attached hydrogens (tertiary/aromatic N) is 3. The van der Waals surface area contributed by atoms with Crippen molar-refractivity contribution in [2.75, 3.05) is 5.32 Å². The summed E-state index contributed by atoms with van der Waals surface area (Å²) < 4.78 is 0. The molecular formula is C15H14N4O. The molecule has 5 heteroatoms. The fourth-order valence-electron chi connectivity index (χ4n) is 1.71. The van der Waals surface area contributed by atoms with Gasteiger partial charge in [-0.2, -0.15) is 5.26 Å². The first kappa shape index (κ1) is 13.7. The van der Waals surface area contributed by atoms with Gasteiger partial charge in [0.15, 0.2) is 0 Å². The van der Waals surface area contributed by atoms with Crippen molar-refractivity contribution in [3.63, 3.8) is 0 Å². The van der Waals surface area contributed by atoms with E-state index in [2.05, 4.69) is 15.3 Å². The number of aromatic nitrogens is 2. The minimum Gasteiger partial charge on any atom is -0.310 e. The van der Waals surface area contributed by atoms with E-state index in [4.69, 9.17) is 5.26 Å². The van der Waals surface area contributed by atoms with E-state index < -0.39 is 5.92 Å². The first-order chi connectivity index (χ1) is 9.69. The predicted molar refractivity (Wildman–Crippen MR) is 74.6 cm³/mol. The van der Waals surface area contributed by atoms with Crippen LogP contribution in [0.25, 0.3) is 0 Å². The molecule has 0 aliphatic rings. The fraction of sp³-hybridized carbons (Fsp3) is 0.200. The van der Waals surface area contributed by atoms with E-state index in [9.17, 15) is 4.79 Å². The Balaban J connectivity index is 2.03. The number of nitrogens with one attached hydrogen (secondary N) is 1. The Morgan fingerprint density at radius 3 is 2.70 bits per heavy atom. The number of aryl methyl sites for hydroxylation is 1. The maximum absolute atomic E-state index is 12.0. The maximum Gasteiger partial charge on any atom is 0.243 e. The average Bonchev–Trinajstić information content (AvgIpc) is 2.48. The summed E-state index contributed by atoms with van der Waals surface area (Å²) in [5.41, 5.74) is 1.91. The number of anilines is 1. The van der Waals surface area contributed by atoms with Crippen molar-refractivity contribution in [1.29, 1.82) is 5.26 Å². The van der Waals surface area contributed by atoms with E-state index in [1.165, 1.54) is 0 Å². The zero-order valence-corrected chi connectivity index (χ0v) is 11.1. The second-order valence-corrected chi connectivity index (χ2v) is 4.45. The molecule has 100 valence electrons. The Hall–Kier alpha value is -2.74. The maximum atomic E-state index is 12.0. The Labute approximate surface area is 117 Å². The highest BCUT2D eigenvalue weighted by Crippen LogP contribution is 2.11. The molecule has 1 atom stereocenters. The van der Waals surface area contributed by atoms with Gasteiger partial charge >= 0.3 is 0 Å². The van der Waals surface area contributed by atoms with Crippen LogP contribution in [-0.2, 0) is 11.2 Å². The van der Waals surface area contributed by atoms with Crippen molar-refractivity contribution in [1.82, 2.24) is 9.97 Å². The van der Waals surface area contributed by atoms with Crippen LogP contribution in [0.4, 0.5) is 5.82 Å². The SMILES string of the molecule is Cc1ccc(NC(=O)C(C#N)Cc2ccncc2)nc1. The molecule has 0 saturated carbocycles. The van der Waals surface area contributed by atoms with E-state index in [1.807, 2.05) is 19.1 Å². The van der Waals surface area contributed by atoms with Gasteiger partial charge in [0, 0.05) is 18.6 Å². The van der Waals surface area contributed by atoms with Gasteiger partial charge in [-0.3, -0.25) is 9.78 Å². The largest absolute Gasteiger partial charge is 0.310 e. The average molecular weight is 266 g/mol. The Kier molecular flexibility index (Phi) is 4.40. The molecule has 0 bridgehead atoms. The van der Waals surface area contributed by atoms with Crippen LogP contribution in [0.15, 0.2) is 42.9 Å². The second-order valence-electron chi connectivity index (χ2n) is 4.45. The van der Waals surface area contributed by atoms with E-state index in [1.54, 1.807) is 36.8 Å². The molecule has 2 aromatic rings. The molecule has 5 nitrogen and oxygen atoms in total. The summed E-state index contributed by atoms with van der Waals surface area (Å²) >= 11 is 0. The summed E-state index contributed by atoms with van der Waals surface area (Å²) in [6.45, 7) is 1.92. The van der Waals surface area contributed by atoms with Gasteiger partial charge in [0.25, 0.3) is 0 Å². The molecule has 2 rings (SSSR count). The van der Waals surface area contributed by atoms with Crippen LogP contribution in [0.5, 0.6) is 0 Å². The molecule has 0 fully saturated rings. The molecular weight excluding hydrogens is 252 g/mol. The molecule has 1 amide bonds. The number of amides is 1. The van der Waals surface area contributed by atoms with Crippen molar-refractivity contribution < 1.29 is 4.79 Å². The van der Waals surface area contributed by atoms with E-state index in [0.717, 1.165) is 11.1 Å². The topological polar surface area (TPSA) is 78.7 Å². The van der Waals surface area contributed by atoms with Gasteiger partial charge in [0.2, 0.25) is 5.91 Å². The summed E-state index contributed by atoms with van der Waals surface area (Å²) in [5, 5.41) is 11.8. The van der Waals surface area contributed by atoms with Crippen molar-refractivity contribution in [2.24, 2.45) is 5.92 Å². The molecule has 0 aliphatic heterocycles. The number of pyridine rings is 2.